The zero-order valence-corrected chi connectivity index (χ0v) is 15.7. The smallest absolute Gasteiger partial charge is 0.256 e. The number of rotatable bonds is 6. The van der Waals surface area contributed by atoms with Gasteiger partial charge in [0.15, 0.2) is 0 Å². The molecule has 0 bridgehead atoms. The van der Waals surface area contributed by atoms with Crippen LogP contribution in [0.15, 0.2) is 42.5 Å². The van der Waals surface area contributed by atoms with E-state index in [-0.39, 0.29) is 16.6 Å². The Bertz CT molecular complexity index is 712. The molecule has 0 aliphatic carbocycles. The summed E-state index contributed by atoms with van der Waals surface area (Å²) < 4.78 is 13.9. The summed E-state index contributed by atoms with van der Waals surface area (Å²) >= 11 is 5.96. The van der Waals surface area contributed by atoms with Crippen LogP contribution >= 0.6 is 11.6 Å². The Morgan fingerprint density at radius 3 is 2.36 bits per heavy atom. The van der Waals surface area contributed by atoms with Gasteiger partial charge in [0.05, 0.1) is 31.2 Å². The van der Waals surface area contributed by atoms with Gasteiger partial charge < -0.3 is 15.1 Å². The number of hydrogen-bond acceptors (Lipinski definition) is 2. The van der Waals surface area contributed by atoms with E-state index >= 15 is 0 Å². The van der Waals surface area contributed by atoms with Gasteiger partial charge in [-0.2, -0.15) is 0 Å². The van der Waals surface area contributed by atoms with Crippen molar-refractivity contribution in [2.24, 2.45) is 0 Å². The molecule has 6 heteroatoms. The summed E-state index contributed by atoms with van der Waals surface area (Å²) in [5.74, 6) is -1.12. The van der Waals surface area contributed by atoms with Gasteiger partial charge in [0.25, 0.3) is 5.91 Å². The lowest BCUT2D eigenvalue weighted by Crippen LogP contribution is -3.07. The van der Waals surface area contributed by atoms with Crippen molar-refractivity contribution in [3.8, 4) is 0 Å². The van der Waals surface area contributed by atoms with Crippen molar-refractivity contribution in [2.75, 3.05) is 39.6 Å². The summed E-state index contributed by atoms with van der Waals surface area (Å²) in [6.45, 7) is 0.382. The minimum absolute atomic E-state index is 0.0470. The fraction of sp³-hybridized carbons (Fsp3) is 0.316. The van der Waals surface area contributed by atoms with E-state index in [0.29, 0.717) is 6.54 Å². The van der Waals surface area contributed by atoms with Crippen molar-refractivity contribution >= 4 is 23.2 Å². The van der Waals surface area contributed by atoms with E-state index in [1.54, 1.807) is 0 Å². The SMILES string of the molecule is CN(C)c1ccc([C@@H](CNC(=O)c2c(F)cccc2Cl)[NH+](C)C)cc1. The van der Waals surface area contributed by atoms with E-state index in [1.807, 2.05) is 45.2 Å². The Hall–Kier alpha value is -2.11. The number of nitrogens with zero attached hydrogens (tertiary/aromatic N) is 1. The Kier molecular flexibility index (Phi) is 6.39. The molecule has 0 radical (unpaired) electrons. The molecule has 0 saturated carbocycles. The van der Waals surface area contributed by atoms with Gasteiger partial charge in [-0.05, 0) is 24.3 Å². The number of carbonyl (C=O) groups is 1. The van der Waals surface area contributed by atoms with Crippen LogP contribution in [0.1, 0.15) is 22.0 Å². The molecule has 4 nitrogen and oxygen atoms in total. The largest absolute Gasteiger partial charge is 0.378 e. The molecular formula is C19H24ClFN3O+. The van der Waals surface area contributed by atoms with Gasteiger partial charge >= 0.3 is 0 Å². The molecule has 0 aromatic heterocycles. The molecular weight excluding hydrogens is 341 g/mol. The first kappa shape index (κ1) is 19.2. The molecule has 134 valence electrons. The highest BCUT2D eigenvalue weighted by Gasteiger charge is 2.21. The summed E-state index contributed by atoms with van der Waals surface area (Å²) in [5, 5.41) is 2.92. The third-order valence-electron chi connectivity index (χ3n) is 4.17. The standard InChI is InChI=1S/C19H23ClFN3O/c1-23(2)14-10-8-13(9-11-14)17(24(3)4)12-22-19(25)18-15(20)6-5-7-16(18)21/h5-11,17H,12H2,1-4H3,(H,22,25)/p+1/t17-/m1/s1. The molecule has 0 aliphatic heterocycles. The maximum absolute atomic E-state index is 13.9. The predicted molar refractivity (Wildman–Crippen MR) is 100 cm³/mol. The van der Waals surface area contributed by atoms with Crippen molar-refractivity contribution in [1.82, 2.24) is 5.32 Å². The first-order valence-electron chi connectivity index (χ1n) is 8.10. The van der Waals surface area contributed by atoms with Gasteiger partial charge in [0.2, 0.25) is 0 Å². The Balaban J connectivity index is 2.13. The van der Waals surface area contributed by atoms with Crippen molar-refractivity contribution < 1.29 is 14.1 Å². The van der Waals surface area contributed by atoms with Crippen LogP contribution in [0.25, 0.3) is 0 Å². The first-order valence-corrected chi connectivity index (χ1v) is 8.48. The number of nitrogens with one attached hydrogen (secondary N) is 2. The summed E-state index contributed by atoms with van der Waals surface area (Å²) in [5.41, 5.74) is 2.10. The molecule has 2 rings (SSSR count). The number of likely N-dealkylation sites (N-methyl/N-ethyl adjacent to an activating group) is 1. The molecule has 25 heavy (non-hydrogen) atoms. The number of benzene rings is 2. The van der Waals surface area contributed by atoms with Crippen LogP contribution in [0.5, 0.6) is 0 Å². The average Bonchev–Trinajstić information content (AvgIpc) is 2.55. The number of hydrogen-bond donors (Lipinski definition) is 2. The number of carbonyl (C=O) groups excluding carboxylic acids is 1. The highest BCUT2D eigenvalue weighted by atomic mass is 35.5. The third-order valence-corrected chi connectivity index (χ3v) is 4.48. The molecule has 0 saturated heterocycles. The molecule has 0 heterocycles. The highest BCUT2D eigenvalue weighted by molar-refractivity contribution is 6.33. The van der Waals surface area contributed by atoms with Crippen LogP contribution in [0.2, 0.25) is 5.02 Å². The number of anilines is 1. The zero-order chi connectivity index (χ0) is 18.6. The molecule has 1 amide bonds. The maximum atomic E-state index is 13.9. The van der Waals surface area contributed by atoms with E-state index in [2.05, 4.69) is 17.4 Å². The van der Waals surface area contributed by atoms with Crippen molar-refractivity contribution in [2.45, 2.75) is 6.04 Å². The van der Waals surface area contributed by atoms with Crippen LogP contribution in [-0.2, 0) is 0 Å². The van der Waals surface area contributed by atoms with Crippen LogP contribution in [-0.4, -0.2) is 40.6 Å². The fourth-order valence-corrected chi connectivity index (χ4v) is 2.91. The van der Waals surface area contributed by atoms with Gasteiger partial charge in [-0.15, -0.1) is 0 Å². The molecule has 0 unspecified atom stereocenters. The second kappa shape index (κ2) is 8.32. The molecule has 2 aromatic carbocycles. The van der Waals surface area contributed by atoms with Gasteiger partial charge in [-0.1, -0.05) is 29.8 Å². The lowest BCUT2D eigenvalue weighted by atomic mass is 10.0. The van der Waals surface area contributed by atoms with E-state index in [9.17, 15) is 9.18 Å². The summed E-state index contributed by atoms with van der Waals surface area (Å²) in [4.78, 5) is 15.5. The monoisotopic (exact) mass is 364 g/mol. The average molecular weight is 365 g/mol. The Morgan fingerprint density at radius 2 is 1.84 bits per heavy atom. The van der Waals surface area contributed by atoms with E-state index < -0.39 is 11.7 Å². The highest BCUT2D eigenvalue weighted by Crippen LogP contribution is 2.19. The lowest BCUT2D eigenvalue weighted by Gasteiger charge is -2.23. The first-order chi connectivity index (χ1) is 11.8. The molecule has 0 spiro atoms. The Labute approximate surface area is 153 Å². The van der Waals surface area contributed by atoms with Crippen molar-refractivity contribution in [3.05, 3.63) is 64.4 Å². The molecule has 2 N–H and O–H groups in total. The molecule has 0 fully saturated rings. The van der Waals surface area contributed by atoms with Gasteiger partial charge in [-0.3, -0.25) is 4.79 Å². The topological polar surface area (TPSA) is 36.8 Å². The van der Waals surface area contributed by atoms with Gasteiger partial charge in [-0.25, -0.2) is 4.39 Å². The molecule has 1 atom stereocenters. The van der Waals surface area contributed by atoms with Gasteiger partial charge in [0, 0.05) is 25.3 Å². The summed E-state index contributed by atoms with van der Waals surface area (Å²) in [6, 6.07) is 12.5. The van der Waals surface area contributed by atoms with Gasteiger partial charge in [0.1, 0.15) is 11.9 Å². The summed E-state index contributed by atoms with van der Waals surface area (Å²) in [7, 11) is 8.02. The molecule has 0 aliphatic rings. The van der Waals surface area contributed by atoms with E-state index in [4.69, 9.17) is 11.6 Å². The van der Waals surface area contributed by atoms with E-state index in [0.717, 1.165) is 16.2 Å². The zero-order valence-electron chi connectivity index (χ0n) is 14.9. The number of halogens is 2. The van der Waals surface area contributed by atoms with E-state index in [1.165, 1.54) is 18.2 Å². The second-order valence-corrected chi connectivity index (χ2v) is 6.83. The second-order valence-electron chi connectivity index (χ2n) is 6.42. The minimum Gasteiger partial charge on any atom is -0.378 e. The van der Waals surface area contributed by atoms with Crippen molar-refractivity contribution in [1.29, 1.82) is 0 Å². The normalized spacial score (nSPS) is 12.1. The fourth-order valence-electron chi connectivity index (χ4n) is 2.66. The Morgan fingerprint density at radius 1 is 1.20 bits per heavy atom. The quantitative estimate of drug-likeness (QED) is 0.824. The van der Waals surface area contributed by atoms with Crippen LogP contribution < -0.4 is 15.1 Å². The van der Waals surface area contributed by atoms with Crippen LogP contribution in [0.4, 0.5) is 10.1 Å². The number of quaternary nitrogens is 1. The maximum Gasteiger partial charge on any atom is 0.256 e. The lowest BCUT2D eigenvalue weighted by molar-refractivity contribution is -0.890. The molecule has 2 aromatic rings. The van der Waals surface area contributed by atoms with Crippen LogP contribution in [0, 0.1) is 5.82 Å². The number of amides is 1. The third kappa shape index (κ3) is 4.71. The summed E-state index contributed by atoms with van der Waals surface area (Å²) in [6.07, 6.45) is 0. The predicted octanol–water partition coefficient (Wildman–Crippen LogP) is 2.16. The minimum atomic E-state index is -0.617. The van der Waals surface area contributed by atoms with Crippen LogP contribution in [0.3, 0.4) is 0 Å². The van der Waals surface area contributed by atoms with Crippen molar-refractivity contribution in [3.63, 3.8) is 0 Å².